The molecule has 0 aliphatic carbocycles. The number of carbonyl (C=O) groups excluding carboxylic acids is 1. The number of unbranched alkanes of at least 4 members (excludes halogenated alkanes) is 3. The van der Waals surface area contributed by atoms with Crippen LogP contribution < -0.4 is 4.74 Å². The molecule has 0 saturated carbocycles. The zero-order valence-electron chi connectivity index (χ0n) is 13.2. The molecule has 0 aliphatic rings. The molecule has 118 valence electrons. The van der Waals surface area contributed by atoms with Crippen LogP contribution in [0.5, 0.6) is 5.75 Å². The summed E-state index contributed by atoms with van der Waals surface area (Å²) in [4.78, 5) is 11.7. The molecule has 0 unspecified atom stereocenters. The number of methoxy groups -OCH3 is 1. The fourth-order valence-electron chi connectivity index (χ4n) is 2.29. The molecule has 1 aromatic rings. The van der Waals surface area contributed by atoms with Crippen LogP contribution in [-0.4, -0.2) is 31.2 Å². The molecular formula is C17H26O4. The Hall–Kier alpha value is -1.39. The van der Waals surface area contributed by atoms with Crippen LogP contribution in [0.4, 0.5) is 0 Å². The second kappa shape index (κ2) is 9.53. The highest BCUT2D eigenvalue weighted by molar-refractivity contribution is 5.99. The number of para-hydroxylation sites is 1. The average molecular weight is 294 g/mol. The van der Waals surface area contributed by atoms with Crippen LogP contribution in [0.25, 0.3) is 0 Å². The lowest BCUT2D eigenvalue weighted by molar-refractivity contribution is 0.0609. The van der Waals surface area contributed by atoms with E-state index in [1.54, 1.807) is 12.1 Å². The molecule has 4 heteroatoms. The Morgan fingerprint density at radius 2 is 2.05 bits per heavy atom. The Bertz CT molecular complexity index is 442. The largest absolute Gasteiger partial charge is 0.496 e. The van der Waals surface area contributed by atoms with Gasteiger partial charge in [0.05, 0.1) is 18.8 Å². The molecule has 1 aromatic carbocycles. The van der Waals surface area contributed by atoms with Crippen molar-refractivity contribution in [1.82, 2.24) is 0 Å². The minimum atomic E-state index is -0.522. The van der Waals surface area contributed by atoms with Crippen molar-refractivity contribution in [3.8, 4) is 5.75 Å². The quantitative estimate of drug-likeness (QED) is 0.530. The number of benzene rings is 1. The minimum Gasteiger partial charge on any atom is -0.496 e. The second-order valence-electron chi connectivity index (χ2n) is 5.08. The first kappa shape index (κ1) is 17.7. The number of carbonyl (C=O) groups is 1. The van der Waals surface area contributed by atoms with Gasteiger partial charge in [-0.05, 0) is 19.4 Å². The number of hydrogen-bond acceptors (Lipinski definition) is 4. The molecule has 0 heterocycles. The summed E-state index contributed by atoms with van der Waals surface area (Å²) in [5, 5.41) is 9.03. The van der Waals surface area contributed by atoms with E-state index in [4.69, 9.17) is 14.6 Å². The summed E-state index contributed by atoms with van der Waals surface area (Å²) in [5.41, 5.74) is 1.24. The normalized spacial score (nSPS) is 12.2. The van der Waals surface area contributed by atoms with Gasteiger partial charge in [0.25, 0.3) is 0 Å². The Morgan fingerprint density at radius 1 is 1.29 bits per heavy atom. The highest BCUT2D eigenvalue weighted by Gasteiger charge is 2.18. The van der Waals surface area contributed by atoms with Gasteiger partial charge in [0.2, 0.25) is 0 Å². The van der Waals surface area contributed by atoms with Crippen LogP contribution in [0.2, 0.25) is 0 Å². The molecule has 4 nitrogen and oxygen atoms in total. The smallest absolute Gasteiger partial charge is 0.191 e. The molecule has 21 heavy (non-hydrogen) atoms. The first-order valence-corrected chi connectivity index (χ1v) is 7.58. The highest BCUT2D eigenvalue weighted by atomic mass is 16.5. The monoisotopic (exact) mass is 294 g/mol. The van der Waals surface area contributed by atoms with Gasteiger partial charge in [-0.1, -0.05) is 38.3 Å². The summed E-state index contributed by atoms with van der Waals surface area (Å²) in [6, 6.07) is 5.34. The van der Waals surface area contributed by atoms with Gasteiger partial charge in [-0.2, -0.15) is 0 Å². The van der Waals surface area contributed by atoms with Crippen molar-refractivity contribution < 1.29 is 19.4 Å². The van der Waals surface area contributed by atoms with Gasteiger partial charge in [0.1, 0.15) is 12.4 Å². The van der Waals surface area contributed by atoms with Gasteiger partial charge in [-0.15, -0.1) is 0 Å². The molecule has 1 rings (SSSR count). The standard InChI is InChI=1S/C17H26O4/c1-4-5-6-7-11-21-13(2)14-9-8-10-15(16(19)12-18)17(14)20-3/h8-10,13,18H,4-7,11-12H2,1-3H3/t13-/m0/s1. The van der Waals surface area contributed by atoms with E-state index in [9.17, 15) is 4.79 Å². The molecule has 0 fully saturated rings. The van der Waals surface area contributed by atoms with Crippen molar-refractivity contribution >= 4 is 5.78 Å². The van der Waals surface area contributed by atoms with Gasteiger partial charge in [-0.25, -0.2) is 0 Å². The predicted octanol–water partition coefficient (Wildman–Crippen LogP) is 3.53. The number of aliphatic hydroxyl groups is 1. The SMILES string of the molecule is CCCCCCO[C@@H](C)c1cccc(C(=O)CO)c1OC. The Labute approximate surface area is 127 Å². The maximum absolute atomic E-state index is 11.7. The maximum atomic E-state index is 11.7. The third-order valence-electron chi connectivity index (χ3n) is 3.50. The average Bonchev–Trinajstić information content (AvgIpc) is 2.52. The van der Waals surface area contributed by atoms with E-state index in [2.05, 4.69) is 6.92 Å². The van der Waals surface area contributed by atoms with Crippen LogP contribution in [0.15, 0.2) is 18.2 Å². The lowest BCUT2D eigenvalue weighted by Gasteiger charge is -2.18. The number of aliphatic hydroxyl groups excluding tert-OH is 1. The minimum absolute atomic E-state index is 0.145. The Kier molecular flexibility index (Phi) is 8.01. The van der Waals surface area contributed by atoms with Crippen molar-refractivity contribution in [3.05, 3.63) is 29.3 Å². The van der Waals surface area contributed by atoms with E-state index in [-0.39, 0.29) is 11.9 Å². The van der Waals surface area contributed by atoms with Crippen molar-refractivity contribution in [1.29, 1.82) is 0 Å². The van der Waals surface area contributed by atoms with Crippen molar-refractivity contribution in [3.63, 3.8) is 0 Å². The number of hydrogen-bond donors (Lipinski definition) is 1. The van der Waals surface area contributed by atoms with Crippen LogP contribution in [-0.2, 0) is 4.74 Å². The Morgan fingerprint density at radius 3 is 2.67 bits per heavy atom. The molecule has 1 N–H and O–H groups in total. The Balaban J connectivity index is 2.74. The van der Waals surface area contributed by atoms with Gasteiger partial charge in [0.15, 0.2) is 5.78 Å². The molecule has 1 atom stereocenters. The highest BCUT2D eigenvalue weighted by Crippen LogP contribution is 2.31. The maximum Gasteiger partial charge on any atom is 0.191 e. The van der Waals surface area contributed by atoms with Crippen LogP contribution in [0.1, 0.15) is 61.6 Å². The number of Topliss-reactive ketones (excluding diaryl/α,β-unsaturated/α-hetero) is 1. The summed E-state index contributed by atoms with van der Waals surface area (Å²) < 4.78 is 11.2. The lowest BCUT2D eigenvalue weighted by Crippen LogP contribution is -2.10. The third-order valence-corrected chi connectivity index (χ3v) is 3.50. The molecule has 0 spiro atoms. The predicted molar refractivity (Wildman–Crippen MR) is 82.9 cm³/mol. The second-order valence-corrected chi connectivity index (χ2v) is 5.08. The fourth-order valence-corrected chi connectivity index (χ4v) is 2.29. The van der Waals surface area contributed by atoms with E-state index in [0.29, 0.717) is 17.9 Å². The molecule has 0 saturated heterocycles. The molecule has 0 radical (unpaired) electrons. The van der Waals surface area contributed by atoms with Crippen molar-refractivity contribution in [2.45, 2.75) is 45.6 Å². The van der Waals surface area contributed by atoms with E-state index < -0.39 is 6.61 Å². The van der Waals surface area contributed by atoms with E-state index in [1.165, 1.54) is 26.4 Å². The molecule has 0 aliphatic heterocycles. The first-order valence-electron chi connectivity index (χ1n) is 7.58. The topological polar surface area (TPSA) is 55.8 Å². The summed E-state index contributed by atoms with van der Waals surface area (Å²) in [7, 11) is 1.53. The van der Waals surface area contributed by atoms with E-state index in [1.807, 2.05) is 13.0 Å². The van der Waals surface area contributed by atoms with Crippen LogP contribution in [0.3, 0.4) is 0 Å². The molecule has 0 aromatic heterocycles. The van der Waals surface area contributed by atoms with Gasteiger partial charge in [0, 0.05) is 12.2 Å². The summed E-state index contributed by atoms with van der Waals surface area (Å²) >= 11 is 0. The van der Waals surface area contributed by atoms with Gasteiger partial charge < -0.3 is 14.6 Å². The zero-order valence-corrected chi connectivity index (χ0v) is 13.2. The number of ketones is 1. The van der Waals surface area contributed by atoms with E-state index in [0.717, 1.165) is 12.0 Å². The third kappa shape index (κ3) is 5.14. The lowest BCUT2D eigenvalue weighted by atomic mass is 10.0. The zero-order chi connectivity index (χ0) is 15.7. The summed E-state index contributed by atoms with van der Waals surface area (Å²) in [6.45, 7) is 4.30. The summed E-state index contributed by atoms with van der Waals surface area (Å²) in [6.07, 6.45) is 4.49. The molecular weight excluding hydrogens is 268 g/mol. The number of rotatable bonds is 10. The fraction of sp³-hybridized carbons (Fsp3) is 0.588. The first-order chi connectivity index (χ1) is 10.2. The molecule has 0 bridgehead atoms. The van der Waals surface area contributed by atoms with Crippen molar-refractivity contribution in [2.75, 3.05) is 20.3 Å². The van der Waals surface area contributed by atoms with Crippen LogP contribution >= 0.6 is 0 Å². The van der Waals surface area contributed by atoms with Crippen LogP contribution in [0, 0.1) is 0 Å². The van der Waals surface area contributed by atoms with Gasteiger partial charge >= 0.3 is 0 Å². The number of ether oxygens (including phenoxy) is 2. The summed E-state index contributed by atoms with van der Waals surface area (Å²) in [5.74, 6) is 0.154. The van der Waals surface area contributed by atoms with E-state index >= 15 is 0 Å². The van der Waals surface area contributed by atoms with Crippen molar-refractivity contribution in [2.24, 2.45) is 0 Å². The van der Waals surface area contributed by atoms with Gasteiger partial charge in [-0.3, -0.25) is 4.79 Å². The molecule has 0 amide bonds.